The average molecular weight is 376 g/mol. The van der Waals surface area contributed by atoms with Gasteiger partial charge in [0.2, 0.25) is 0 Å². The number of fused-ring (bicyclic) bond motifs is 3. The summed E-state index contributed by atoms with van der Waals surface area (Å²) in [5.74, 6) is 1.53. The molecule has 7 heteroatoms. The van der Waals surface area contributed by atoms with Crippen molar-refractivity contribution in [3.63, 3.8) is 0 Å². The molecule has 1 aromatic heterocycles. The zero-order chi connectivity index (χ0) is 16.0. The molecule has 0 amide bonds. The van der Waals surface area contributed by atoms with Gasteiger partial charge in [-0.15, -0.1) is 0 Å². The molecule has 1 unspecified atom stereocenters. The fraction of sp³-hybridized carbons (Fsp3) is 0.375. The van der Waals surface area contributed by atoms with Gasteiger partial charge in [-0.1, -0.05) is 15.9 Å². The van der Waals surface area contributed by atoms with Gasteiger partial charge in [0, 0.05) is 16.9 Å². The molecule has 0 fully saturated rings. The molecule has 0 spiro atoms. The van der Waals surface area contributed by atoms with Crippen LogP contribution in [0, 0.1) is 0 Å². The largest absolute Gasteiger partial charge is 0.488 e. The normalized spacial score (nSPS) is 19.6. The molecule has 1 N–H and O–H groups in total. The Kier molecular flexibility index (Phi) is 3.52. The minimum atomic E-state index is 0.201. The topological polar surface area (TPSA) is 55.2 Å². The number of nitrogens with one attached hydrogen (secondary N) is 1. The van der Waals surface area contributed by atoms with Crippen LogP contribution in [-0.4, -0.2) is 27.5 Å². The van der Waals surface area contributed by atoms with Gasteiger partial charge >= 0.3 is 0 Å². The standard InChI is InChI=1S/C16H18BrN5O/c1-10(2)22-16(18-9-19-22)14-8-21-13-7-11(17)3-4-12(13)20-15(21)5-6-23-14/h3-4,7-10,15,20H,5-6H2,1-2H3. The summed E-state index contributed by atoms with van der Waals surface area (Å²) < 4.78 is 8.91. The third-order valence-corrected chi connectivity index (χ3v) is 4.58. The van der Waals surface area contributed by atoms with E-state index in [-0.39, 0.29) is 12.2 Å². The van der Waals surface area contributed by atoms with E-state index in [4.69, 9.17) is 4.74 Å². The summed E-state index contributed by atoms with van der Waals surface area (Å²) in [6.07, 6.45) is 4.70. The lowest BCUT2D eigenvalue weighted by molar-refractivity contribution is 0.267. The highest BCUT2D eigenvalue weighted by Gasteiger charge is 2.31. The van der Waals surface area contributed by atoms with Crippen LogP contribution in [0.25, 0.3) is 5.76 Å². The number of nitrogens with zero attached hydrogens (tertiary/aromatic N) is 4. The third kappa shape index (κ3) is 2.49. The quantitative estimate of drug-likeness (QED) is 0.868. The van der Waals surface area contributed by atoms with Gasteiger partial charge in [0.1, 0.15) is 12.5 Å². The van der Waals surface area contributed by atoms with E-state index in [1.807, 2.05) is 10.9 Å². The number of hydrogen-bond donors (Lipinski definition) is 1. The van der Waals surface area contributed by atoms with Crippen LogP contribution in [-0.2, 0) is 4.74 Å². The molecule has 4 rings (SSSR count). The van der Waals surface area contributed by atoms with Crippen LogP contribution in [0.5, 0.6) is 0 Å². The first-order chi connectivity index (χ1) is 11.1. The third-order valence-electron chi connectivity index (χ3n) is 4.08. The van der Waals surface area contributed by atoms with Crippen molar-refractivity contribution in [1.82, 2.24) is 14.8 Å². The molecule has 3 heterocycles. The second-order valence-electron chi connectivity index (χ2n) is 5.98. The zero-order valence-electron chi connectivity index (χ0n) is 13.0. The Labute approximate surface area is 143 Å². The predicted octanol–water partition coefficient (Wildman–Crippen LogP) is 3.60. The van der Waals surface area contributed by atoms with Gasteiger partial charge in [0.05, 0.1) is 24.2 Å². The van der Waals surface area contributed by atoms with Crippen LogP contribution in [0.3, 0.4) is 0 Å². The molecule has 6 nitrogen and oxygen atoms in total. The van der Waals surface area contributed by atoms with Crippen molar-refractivity contribution >= 4 is 33.1 Å². The summed E-state index contributed by atoms with van der Waals surface area (Å²) in [7, 11) is 0. The average Bonchev–Trinajstić information content (AvgIpc) is 3.07. The summed E-state index contributed by atoms with van der Waals surface area (Å²) in [5.41, 5.74) is 2.28. The van der Waals surface area contributed by atoms with Crippen molar-refractivity contribution in [2.45, 2.75) is 32.5 Å². The number of halogens is 1. The Balaban J connectivity index is 1.77. The summed E-state index contributed by atoms with van der Waals surface area (Å²) in [6, 6.07) is 6.50. The predicted molar refractivity (Wildman–Crippen MR) is 93.0 cm³/mol. The smallest absolute Gasteiger partial charge is 0.195 e. The molecular formula is C16H18BrN5O. The Morgan fingerprint density at radius 3 is 3.09 bits per heavy atom. The first kappa shape index (κ1) is 14.6. The maximum atomic E-state index is 5.96. The van der Waals surface area contributed by atoms with Crippen molar-refractivity contribution in [3.05, 3.63) is 41.0 Å². The van der Waals surface area contributed by atoms with Crippen molar-refractivity contribution in [2.75, 3.05) is 16.8 Å². The minimum absolute atomic E-state index is 0.201. The Morgan fingerprint density at radius 1 is 1.39 bits per heavy atom. The maximum Gasteiger partial charge on any atom is 0.195 e. The molecule has 0 bridgehead atoms. The van der Waals surface area contributed by atoms with Gasteiger partial charge in [-0.3, -0.25) is 0 Å². The van der Waals surface area contributed by atoms with Gasteiger partial charge in [0.25, 0.3) is 0 Å². The van der Waals surface area contributed by atoms with Gasteiger partial charge in [-0.05, 0) is 32.0 Å². The monoisotopic (exact) mass is 375 g/mol. The van der Waals surface area contributed by atoms with Crippen LogP contribution in [0.15, 0.2) is 35.2 Å². The van der Waals surface area contributed by atoms with E-state index in [0.717, 1.165) is 33.9 Å². The van der Waals surface area contributed by atoms with Gasteiger partial charge in [-0.2, -0.15) is 5.10 Å². The molecule has 2 aliphatic rings. The second-order valence-corrected chi connectivity index (χ2v) is 6.90. The van der Waals surface area contributed by atoms with E-state index >= 15 is 0 Å². The molecule has 120 valence electrons. The van der Waals surface area contributed by atoms with E-state index in [1.165, 1.54) is 0 Å². The Morgan fingerprint density at radius 2 is 2.26 bits per heavy atom. The molecule has 1 aromatic carbocycles. The van der Waals surface area contributed by atoms with E-state index in [0.29, 0.717) is 6.61 Å². The van der Waals surface area contributed by atoms with Gasteiger partial charge < -0.3 is 15.0 Å². The molecule has 0 saturated heterocycles. The van der Waals surface area contributed by atoms with Crippen molar-refractivity contribution in [1.29, 1.82) is 0 Å². The molecule has 23 heavy (non-hydrogen) atoms. The lowest BCUT2D eigenvalue weighted by Crippen LogP contribution is -2.31. The van der Waals surface area contributed by atoms with Crippen molar-refractivity contribution in [2.24, 2.45) is 0 Å². The number of ether oxygens (including phenoxy) is 1. The fourth-order valence-corrected chi connectivity index (χ4v) is 3.35. The molecule has 0 saturated carbocycles. The maximum absolute atomic E-state index is 5.96. The minimum Gasteiger partial charge on any atom is -0.488 e. The highest BCUT2D eigenvalue weighted by Crippen LogP contribution is 2.40. The van der Waals surface area contributed by atoms with Gasteiger partial charge in [-0.25, -0.2) is 9.67 Å². The molecule has 0 aliphatic carbocycles. The number of anilines is 2. The number of rotatable bonds is 2. The highest BCUT2D eigenvalue weighted by molar-refractivity contribution is 9.10. The van der Waals surface area contributed by atoms with E-state index < -0.39 is 0 Å². The second kappa shape index (κ2) is 5.56. The molecule has 2 aliphatic heterocycles. The lowest BCUT2D eigenvalue weighted by atomic mass is 10.2. The van der Waals surface area contributed by atoms with Crippen LogP contribution in [0.1, 0.15) is 32.1 Å². The van der Waals surface area contributed by atoms with Crippen molar-refractivity contribution < 1.29 is 4.74 Å². The Bertz CT molecular complexity index is 770. The van der Waals surface area contributed by atoms with Crippen LogP contribution in [0.4, 0.5) is 11.4 Å². The highest BCUT2D eigenvalue weighted by atomic mass is 79.9. The summed E-state index contributed by atoms with van der Waals surface area (Å²) in [4.78, 5) is 6.62. The SMILES string of the molecule is CC(C)n1ncnc1C1=CN2c3cc(Br)ccc3NC2CCO1. The molecular weight excluding hydrogens is 358 g/mol. The Hall–Kier alpha value is -2.02. The van der Waals surface area contributed by atoms with E-state index in [1.54, 1.807) is 6.33 Å². The van der Waals surface area contributed by atoms with E-state index in [2.05, 4.69) is 68.3 Å². The molecule has 1 atom stereocenters. The molecule has 0 radical (unpaired) electrons. The zero-order valence-corrected chi connectivity index (χ0v) is 14.6. The lowest BCUT2D eigenvalue weighted by Gasteiger charge is -2.20. The number of aromatic nitrogens is 3. The first-order valence-electron chi connectivity index (χ1n) is 7.72. The van der Waals surface area contributed by atoms with Gasteiger partial charge in [0.15, 0.2) is 11.6 Å². The first-order valence-corrected chi connectivity index (χ1v) is 8.51. The van der Waals surface area contributed by atoms with Crippen LogP contribution >= 0.6 is 15.9 Å². The number of benzene rings is 1. The van der Waals surface area contributed by atoms with Crippen LogP contribution < -0.4 is 10.2 Å². The number of hydrogen-bond acceptors (Lipinski definition) is 5. The van der Waals surface area contributed by atoms with Crippen LogP contribution in [0.2, 0.25) is 0 Å². The van der Waals surface area contributed by atoms with E-state index in [9.17, 15) is 0 Å². The fourth-order valence-electron chi connectivity index (χ4n) is 3.00. The summed E-state index contributed by atoms with van der Waals surface area (Å²) >= 11 is 3.55. The summed E-state index contributed by atoms with van der Waals surface area (Å²) in [5, 5.41) is 7.85. The summed E-state index contributed by atoms with van der Waals surface area (Å²) in [6.45, 7) is 4.81. The van der Waals surface area contributed by atoms with Crippen molar-refractivity contribution in [3.8, 4) is 0 Å². The molecule has 2 aromatic rings.